The summed E-state index contributed by atoms with van der Waals surface area (Å²) in [4.78, 5) is 12.7. The van der Waals surface area contributed by atoms with Gasteiger partial charge >= 0.3 is 0 Å². The van der Waals surface area contributed by atoms with E-state index in [1.54, 1.807) is 0 Å². The molecule has 0 aromatic rings. The standard InChI is InChI=1S/C9H18N2O2/c1-2-7-3-8(6-12)11(4-7)5-9(10)13/h7-8,12H,2-6H2,1H3,(H2,10,13). The van der Waals surface area contributed by atoms with E-state index in [2.05, 4.69) is 6.92 Å². The van der Waals surface area contributed by atoms with Gasteiger partial charge in [-0.05, 0) is 12.3 Å². The maximum absolute atomic E-state index is 10.7. The van der Waals surface area contributed by atoms with E-state index in [-0.39, 0.29) is 25.1 Å². The summed E-state index contributed by atoms with van der Waals surface area (Å²) >= 11 is 0. The van der Waals surface area contributed by atoms with Crippen LogP contribution in [0.2, 0.25) is 0 Å². The molecular formula is C9H18N2O2. The molecule has 2 atom stereocenters. The third-order valence-electron chi connectivity index (χ3n) is 2.76. The lowest BCUT2D eigenvalue weighted by Gasteiger charge is -2.20. The highest BCUT2D eigenvalue weighted by Gasteiger charge is 2.30. The largest absolute Gasteiger partial charge is 0.395 e. The van der Waals surface area contributed by atoms with Gasteiger partial charge in [-0.15, -0.1) is 0 Å². The highest BCUT2D eigenvalue weighted by molar-refractivity contribution is 5.76. The number of amides is 1. The first-order valence-electron chi connectivity index (χ1n) is 4.80. The van der Waals surface area contributed by atoms with Crippen LogP contribution < -0.4 is 5.73 Å². The second-order valence-electron chi connectivity index (χ2n) is 3.74. The first-order chi connectivity index (χ1) is 6.17. The first kappa shape index (κ1) is 10.5. The summed E-state index contributed by atoms with van der Waals surface area (Å²) < 4.78 is 0. The van der Waals surface area contributed by atoms with E-state index in [1.807, 2.05) is 4.90 Å². The zero-order chi connectivity index (χ0) is 9.84. The molecule has 0 aliphatic carbocycles. The van der Waals surface area contributed by atoms with Gasteiger partial charge in [-0.2, -0.15) is 0 Å². The molecule has 3 N–H and O–H groups in total. The molecule has 0 spiro atoms. The normalized spacial score (nSPS) is 29.4. The number of nitrogens with two attached hydrogens (primary N) is 1. The maximum Gasteiger partial charge on any atom is 0.231 e. The Morgan fingerprint density at radius 2 is 2.38 bits per heavy atom. The molecule has 1 aliphatic rings. The smallest absolute Gasteiger partial charge is 0.231 e. The minimum atomic E-state index is -0.310. The third-order valence-corrected chi connectivity index (χ3v) is 2.76. The number of primary amides is 1. The first-order valence-corrected chi connectivity index (χ1v) is 4.80. The highest BCUT2D eigenvalue weighted by Crippen LogP contribution is 2.24. The lowest BCUT2D eigenvalue weighted by Crippen LogP contribution is -2.39. The monoisotopic (exact) mass is 186 g/mol. The van der Waals surface area contributed by atoms with Crippen molar-refractivity contribution in [1.29, 1.82) is 0 Å². The molecule has 0 radical (unpaired) electrons. The van der Waals surface area contributed by atoms with Crippen LogP contribution in [0.1, 0.15) is 19.8 Å². The molecule has 4 nitrogen and oxygen atoms in total. The summed E-state index contributed by atoms with van der Waals surface area (Å²) in [6.07, 6.45) is 2.09. The lowest BCUT2D eigenvalue weighted by molar-refractivity contribution is -0.119. The second kappa shape index (κ2) is 4.58. The van der Waals surface area contributed by atoms with Gasteiger partial charge in [0.2, 0.25) is 5.91 Å². The molecule has 0 bridgehead atoms. The number of nitrogens with zero attached hydrogens (tertiary/aromatic N) is 1. The molecule has 1 amide bonds. The molecule has 13 heavy (non-hydrogen) atoms. The number of likely N-dealkylation sites (tertiary alicyclic amines) is 1. The summed E-state index contributed by atoms with van der Waals surface area (Å²) in [5, 5.41) is 9.07. The Kier molecular flexibility index (Phi) is 3.69. The van der Waals surface area contributed by atoms with E-state index in [0.717, 1.165) is 19.4 Å². The van der Waals surface area contributed by atoms with Crippen molar-refractivity contribution >= 4 is 5.91 Å². The van der Waals surface area contributed by atoms with E-state index in [4.69, 9.17) is 10.8 Å². The molecule has 0 aromatic carbocycles. The molecule has 1 saturated heterocycles. The topological polar surface area (TPSA) is 66.6 Å². The minimum absolute atomic E-state index is 0.129. The fraction of sp³-hybridized carbons (Fsp3) is 0.889. The van der Waals surface area contributed by atoms with Crippen molar-refractivity contribution in [3.05, 3.63) is 0 Å². The van der Waals surface area contributed by atoms with Gasteiger partial charge in [-0.25, -0.2) is 0 Å². The summed E-state index contributed by atoms with van der Waals surface area (Å²) in [5.41, 5.74) is 5.11. The highest BCUT2D eigenvalue weighted by atomic mass is 16.3. The predicted octanol–water partition coefficient (Wildman–Crippen LogP) is -0.435. The SMILES string of the molecule is CCC1CC(CO)N(CC(N)=O)C1. The maximum atomic E-state index is 10.7. The number of aliphatic hydroxyl groups excluding tert-OH is 1. The zero-order valence-corrected chi connectivity index (χ0v) is 8.07. The molecule has 2 unspecified atom stereocenters. The zero-order valence-electron chi connectivity index (χ0n) is 8.07. The van der Waals surface area contributed by atoms with Crippen LogP contribution in [-0.2, 0) is 4.79 Å². The molecular weight excluding hydrogens is 168 g/mol. The van der Waals surface area contributed by atoms with E-state index in [0.29, 0.717) is 5.92 Å². The molecule has 76 valence electrons. The van der Waals surface area contributed by atoms with Crippen LogP contribution >= 0.6 is 0 Å². The van der Waals surface area contributed by atoms with E-state index >= 15 is 0 Å². The second-order valence-corrected chi connectivity index (χ2v) is 3.74. The summed E-state index contributed by atoms with van der Waals surface area (Å²) in [6.45, 7) is 3.43. The van der Waals surface area contributed by atoms with E-state index < -0.39 is 0 Å². The van der Waals surface area contributed by atoms with Gasteiger partial charge in [0.25, 0.3) is 0 Å². The van der Waals surface area contributed by atoms with Crippen LogP contribution in [0.3, 0.4) is 0 Å². The van der Waals surface area contributed by atoms with Crippen LogP contribution in [0, 0.1) is 5.92 Å². The quantitative estimate of drug-likeness (QED) is 0.625. The molecule has 1 rings (SSSR count). The Hall–Kier alpha value is -0.610. The van der Waals surface area contributed by atoms with Gasteiger partial charge in [-0.3, -0.25) is 9.69 Å². The minimum Gasteiger partial charge on any atom is -0.395 e. The van der Waals surface area contributed by atoms with Crippen molar-refractivity contribution in [2.45, 2.75) is 25.8 Å². The molecule has 0 saturated carbocycles. The fourth-order valence-electron chi connectivity index (χ4n) is 1.97. The Bertz CT molecular complexity index is 184. The Labute approximate surface area is 78.7 Å². The van der Waals surface area contributed by atoms with E-state index in [1.165, 1.54) is 0 Å². The Morgan fingerprint density at radius 1 is 1.69 bits per heavy atom. The molecule has 1 aliphatic heterocycles. The average Bonchev–Trinajstić information content (AvgIpc) is 2.46. The molecule has 0 aromatic heterocycles. The Balaban J connectivity index is 2.47. The molecule has 1 fully saturated rings. The summed E-state index contributed by atoms with van der Waals surface area (Å²) in [5.74, 6) is 0.298. The van der Waals surface area contributed by atoms with Crippen molar-refractivity contribution in [3.8, 4) is 0 Å². The van der Waals surface area contributed by atoms with Crippen LogP contribution in [0.15, 0.2) is 0 Å². The number of hydrogen-bond donors (Lipinski definition) is 2. The number of rotatable bonds is 4. The molecule has 1 heterocycles. The molecule has 4 heteroatoms. The van der Waals surface area contributed by atoms with Crippen molar-refractivity contribution in [1.82, 2.24) is 4.90 Å². The Morgan fingerprint density at radius 3 is 2.85 bits per heavy atom. The van der Waals surface area contributed by atoms with Crippen LogP contribution in [-0.4, -0.2) is 41.7 Å². The van der Waals surface area contributed by atoms with Gasteiger partial charge in [0.05, 0.1) is 13.2 Å². The van der Waals surface area contributed by atoms with Crippen LogP contribution in [0.5, 0.6) is 0 Å². The lowest BCUT2D eigenvalue weighted by atomic mass is 10.0. The van der Waals surface area contributed by atoms with Gasteiger partial charge in [0, 0.05) is 12.6 Å². The number of carbonyl (C=O) groups excluding carboxylic acids is 1. The fourth-order valence-corrected chi connectivity index (χ4v) is 1.97. The average molecular weight is 186 g/mol. The number of carbonyl (C=O) groups is 1. The van der Waals surface area contributed by atoms with Gasteiger partial charge < -0.3 is 10.8 Å². The summed E-state index contributed by atoms with van der Waals surface area (Å²) in [7, 11) is 0. The van der Waals surface area contributed by atoms with Crippen molar-refractivity contribution in [2.24, 2.45) is 11.7 Å². The van der Waals surface area contributed by atoms with Crippen molar-refractivity contribution < 1.29 is 9.90 Å². The summed E-state index contributed by atoms with van der Waals surface area (Å²) in [6, 6.07) is 0.137. The predicted molar refractivity (Wildman–Crippen MR) is 50.0 cm³/mol. The van der Waals surface area contributed by atoms with Crippen molar-refractivity contribution in [2.75, 3.05) is 19.7 Å². The number of hydrogen-bond acceptors (Lipinski definition) is 3. The van der Waals surface area contributed by atoms with Crippen LogP contribution in [0.4, 0.5) is 0 Å². The van der Waals surface area contributed by atoms with E-state index in [9.17, 15) is 4.79 Å². The third kappa shape index (κ3) is 2.67. The van der Waals surface area contributed by atoms with Crippen LogP contribution in [0.25, 0.3) is 0 Å². The van der Waals surface area contributed by atoms with Gasteiger partial charge in [0.15, 0.2) is 0 Å². The number of aliphatic hydroxyl groups is 1. The van der Waals surface area contributed by atoms with Gasteiger partial charge in [-0.1, -0.05) is 13.3 Å². The van der Waals surface area contributed by atoms with Gasteiger partial charge in [0.1, 0.15) is 0 Å². The van der Waals surface area contributed by atoms with Crippen molar-refractivity contribution in [3.63, 3.8) is 0 Å².